The Morgan fingerprint density at radius 3 is 2.44 bits per heavy atom. The molecule has 2 N–H and O–H groups in total. The standard InChI is InChI=1S/C19H16ClFN2O4/c20-16-4-2-1-3-13(16)5-10-19(26)27-12-18(25)22-11-17(24)23-15-8-6-14(21)7-9-15/h1-10H,11-12H2,(H,22,25)(H,23,24)/b10-5+. The van der Waals surface area contributed by atoms with E-state index in [0.717, 1.165) is 6.08 Å². The molecule has 0 aliphatic heterocycles. The number of ether oxygens (including phenoxy) is 1. The molecule has 0 aromatic heterocycles. The molecule has 0 radical (unpaired) electrons. The van der Waals surface area contributed by atoms with Gasteiger partial charge in [0.2, 0.25) is 5.91 Å². The normalized spacial score (nSPS) is 10.4. The second kappa shape index (κ2) is 10.1. The minimum absolute atomic E-state index is 0.316. The molecule has 0 fully saturated rings. The Morgan fingerprint density at radius 1 is 1.04 bits per heavy atom. The fourth-order valence-corrected chi connectivity index (χ4v) is 2.12. The maximum atomic E-state index is 12.8. The number of hydrogen-bond donors (Lipinski definition) is 2. The van der Waals surface area contributed by atoms with E-state index in [1.54, 1.807) is 24.3 Å². The van der Waals surface area contributed by atoms with E-state index in [0.29, 0.717) is 16.3 Å². The number of carbonyl (C=O) groups excluding carboxylic acids is 3. The summed E-state index contributed by atoms with van der Waals surface area (Å²) >= 11 is 5.95. The van der Waals surface area contributed by atoms with Crippen LogP contribution in [0.4, 0.5) is 10.1 Å². The number of hydrogen-bond acceptors (Lipinski definition) is 4. The Hall–Kier alpha value is -3.19. The van der Waals surface area contributed by atoms with Crippen LogP contribution in [0.25, 0.3) is 6.08 Å². The molecule has 140 valence electrons. The van der Waals surface area contributed by atoms with Crippen LogP contribution in [0.2, 0.25) is 5.02 Å². The molecule has 2 aromatic carbocycles. The first kappa shape index (κ1) is 20.1. The smallest absolute Gasteiger partial charge is 0.331 e. The van der Waals surface area contributed by atoms with Crippen molar-refractivity contribution in [2.45, 2.75) is 0 Å². The van der Waals surface area contributed by atoms with Gasteiger partial charge in [-0.15, -0.1) is 0 Å². The summed E-state index contributed by atoms with van der Waals surface area (Å²) in [5.41, 5.74) is 1.03. The topological polar surface area (TPSA) is 84.5 Å². The predicted octanol–water partition coefficient (Wildman–Crippen LogP) is 2.79. The van der Waals surface area contributed by atoms with Gasteiger partial charge in [-0.25, -0.2) is 9.18 Å². The van der Waals surface area contributed by atoms with Crippen molar-refractivity contribution in [2.75, 3.05) is 18.5 Å². The molecule has 0 unspecified atom stereocenters. The molecular weight excluding hydrogens is 375 g/mol. The zero-order valence-corrected chi connectivity index (χ0v) is 14.8. The summed E-state index contributed by atoms with van der Waals surface area (Å²) in [6, 6.07) is 12.1. The van der Waals surface area contributed by atoms with Crippen LogP contribution in [-0.2, 0) is 19.1 Å². The molecule has 2 aromatic rings. The van der Waals surface area contributed by atoms with Gasteiger partial charge in [-0.2, -0.15) is 0 Å². The minimum atomic E-state index is -0.721. The van der Waals surface area contributed by atoms with E-state index in [1.165, 1.54) is 30.3 Å². The second-order valence-corrected chi connectivity index (χ2v) is 5.70. The molecule has 0 spiro atoms. The van der Waals surface area contributed by atoms with E-state index in [9.17, 15) is 18.8 Å². The molecule has 27 heavy (non-hydrogen) atoms. The molecule has 0 aliphatic rings. The predicted molar refractivity (Wildman–Crippen MR) is 99.5 cm³/mol. The van der Waals surface area contributed by atoms with Crippen molar-refractivity contribution in [1.82, 2.24) is 5.32 Å². The third kappa shape index (κ3) is 7.29. The van der Waals surface area contributed by atoms with Crippen molar-refractivity contribution < 1.29 is 23.5 Å². The fraction of sp³-hybridized carbons (Fsp3) is 0.105. The van der Waals surface area contributed by atoms with Gasteiger partial charge in [0, 0.05) is 16.8 Å². The average Bonchev–Trinajstić information content (AvgIpc) is 2.66. The highest BCUT2D eigenvalue weighted by Gasteiger charge is 2.08. The van der Waals surface area contributed by atoms with Crippen molar-refractivity contribution >= 4 is 41.1 Å². The molecule has 2 amide bonds. The number of rotatable bonds is 7. The highest BCUT2D eigenvalue weighted by Crippen LogP contribution is 2.16. The van der Waals surface area contributed by atoms with E-state index in [4.69, 9.17) is 16.3 Å². The quantitative estimate of drug-likeness (QED) is 0.562. The Morgan fingerprint density at radius 2 is 1.74 bits per heavy atom. The van der Waals surface area contributed by atoms with Crippen LogP contribution in [0.5, 0.6) is 0 Å². The summed E-state index contributed by atoms with van der Waals surface area (Å²) < 4.78 is 17.6. The lowest BCUT2D eigenvalue weighted by Crippen LogP contribution is -2.35. The maximum Gasteiger partial charge on any atom is 0.331 e. The minimum Gasteiger partial charge on any atom is -0.452 e. The number of carbonyl (C=O) groups is 3. The van der Waals surface area contributed by atoms with Crippen molar-refractivity contribution in [2.24, 2.45) is 0 Å². The van der Waals surface area contributed by atoms with Crippen LogP contribution in [0.1, 0.15) is 5.56 Å². The molecule has 6 nitrogen and oxygen atoms in total. The van der Waals surface area contributed by atoms with Crippen molar-refractivity contribution in [3.8, 4) is 0 Å². The third-order valence-corrected chi connectivity index (χ3v) is 3.57. The van der Waals surface area contributed by atoms with E-state index >= 15 is 0 Å². The van der Waals surface area contributed by atoms with Crippen LogP contribution in [-0.4, -0.2) is 30.9 Å². The van der Waals surface area contributed by atoms with Gasteiger partial charge in [0.05, 0.1) is 6.54 Å². The van der Waals surface area contributed by atoms with Gasteiger partial charge in [-0.05, 0) is 42.0 Å². The van der Waals surface area contributed by atoms with Crippen LogP contribution in [0, 0.1) is 5.82 Å². The zero-order valence-electron chi connectivity index (χ0n) is 14.1. The Labute approximate surface area is 160 Å². The van der Waals surface area contributed by atoms with Crippen LogP contribution in [0.3, 0.4) is 0 Å². The largest absolute Gasteiger partial charge is 0.452 e. The van der Waals surface area contributed by atoms with Crippen molar-refractivity contribution in [3.63, 3.8) is 0 Å². The summed E-state index contributed by atoms with van der Waals surface area (Å²) in [4.78, 5) is 34.9. The molecule has 0 heterocycles. The second-order valence-electron chi connectivity index (χ2n) is 5.29. The molecule has 2 rings (SSSR count). The first-order valence-electron chi connectivity index (χ1n) is 7.85. The fourth-order valence-electron chi connectivity index (χ4n) is 1.92. The Kier molecular flexibility index (Phi) is 7.51. The Bertz CT molecular complexity index is 853. The highest BCUT2D eigenvalue weighted by molar-refractivity contribution is 6.32. The van der Waals surface area contributed by atoms with Gasteiger partial charge in [0.25, 0.3) is 5.91 Å². The summed E-state index contributed by atoms with van der Waals surface area (Å²) in [7, 11) is 0. The first-order chi connectivity index (χ1) is 12.9. The van der Waals surface area contributed by atoms with Gasteiger partial charge < -0.3 is 15.4 Å². The molecule has 0 bridgehead atoms. The SMILES string of the molecule is O=C(COC(=O)/C=C/c1ccccc1Cl)NCC(=O)Nc1ccc(F)cc1. The van der Waals surface area contributed by atoms with Gasteiger partial charge in [-0.1, -0.05) is 29.8 Å². The first-order valence-corrected chi connectivity index (χ1v) is 8.23. The summed E-state index contributed by atoms with van der Waals surface area (Å²) in [6.45, 7) is -0.848. The number of halogens is 2. The molecule has 0 saturated carbocycles. The molecule has 0 saturated heterocycles. The van der Waals surface area contributed by atoms with Crippen LogP contribution < -0.4 is 10.6 Å². The van der Waals surface area contributed by atoms with E-state index in [2.05, 4.69) is 10.6 Å². The third-order valence-electron chi connectivity index (χ3n) is 3.22. The summed E-state index contributed by atoms with van der Waals surface area (Å²) in [5, 5.41) is 5.26. The van der Waals surface area contributed by atoms with Crippen molar-refractivity contribution in [1.29, 1.82) is 0 Å². The molecule has 0 atom stereocenters. The monoisotopic (exact) mass is 390 g/mol. The number of benzene rings is 2. The van der Waals surface area contributed by atoms with Gasteiger partial charge >= 0.3 is 5.97 Å². The lowest BCUT2D eigenvalue weighted by molar-refractivity contribution is -0.143. The van der Waals surface area contributed by atoms with Crippen LogP contribution in [0.15, 0.2) is 54.6 Å². The highest BCUT2D eigenvalue weighted by atomic mass is 35.5. The van der Waals surface area contributed by atoms with Crippen LogP contribution >= 0.6 is 11.6 Å². The summed E-state index contributed by atoms with van der Waals surface area (Å²) in [5.74, 6) is -2.28. The number of anilines is 1. The average molecular weight is 391 g/mol. The number of esters is 1. The lowest BCUT2D eigenvalue weighted by atomic mass is 10.2. The summed E-state index contributed by atoms with van der Waals surface area (Å²) in [6.07, 6.45) is 2.62. The molecule has 0 aliphatic carbocycles. The van der Waals surface area contributed by atoms with E-state index in [-0.39, 0.29) is 6.54 Å². The van der Waals surface area contributed by atoms with Gasteiger partial charge in [0.1, 0.15) is 5.82 Å². The maximum absolute atomic E-state index is 12.8. The van der Waals surface area contributed by atoms with Gasteiger partial charge in [-0.3, -0.25) is 9.59 Å². The molecular formula is C19H16ClFN2O4. The van der Waals surface area contributed by atoms with Crippen molar-refractivity contribution in [3.05, 3.63) is 71.0 Å². The molecule has 8 heteroatoms. The number of amides is 2. The zero-order chi connectivity index (χ0) is 19.6. The van der Waals surface area contributed by atoms with E-state index in [1.807, 2.05) is 0 Å². The van der Waals surface area contributed by atoms with Gasteiger partial charge in [0.15, 0.2) is 6.61 Å². The number of nitrogens with one attached hydrogen (secondary N) is 2. The Balaban J connectivity index is 1.69. The lowest BCUT2D eigenvalue weighted by Gasteiger charge is -2.07. The van der Waals surface area contributed by atoms with E-state index < -0.39 is 30.2 Å².